The Hall–Kier alpha value is -2.41. The largest absolute Gasteiger partial charge is 0.425 e. The van der Waals surface area contributed by atoms with Crippen molar-refractivity contribution >= 4 is 11.7 Å². The molecule has 1 aromatic heterocycles. The summed E-state index contributed by atoms with van der Waals surface area (Å²) in [6.45, 7) is 1.66. The van der Waals surface area contributed by atoms with Gasteiger partial charge in [0.05, 0.1) is 10.6 Å². The van der Waals surface area contributed by atoms with Crippen LogP contribution in [0.1, 0.15) is 23.1 Å². The molecule has 1 atom stereocenters. The van der Waals surface area contributed by atoms with E-state index < -0.39 is 11.0 Å². The molecule has 94 valence electrons. The van der Waals surface area contributed by atoms with Gasteiger partial charge in [-0.2, -0.15) is 4.98 Å². The van der Waals surface area contributed by atoms with Gasteiger partial charge in [0.25, 0.3) is 11.7 Å². The molecule has 2 rings (SSSR count). The number of aryl methyl sites for hydroxylation is 1. The third-order valence-electron chi connectivity index (χ3n) is 2.52. The second-order valence-electron chi connectivity index (χ2n) is 3.75. The van der Waals surface area contributed by atoms with Crippen molar-refractivity contribution in [2.24, 2.45) is 0 Å². The van der Waals surface area contributed by atoms with Gasteiger partial charge in [-0.25, -0.2) is 0 Å². The van der Waals surface area contributed by atoms with Crippen LogP contribution in [0.15, 0.2) is 28.7 Å². The molecule has 0 saturated heterocycles. The number of hydrogen-bond acceptors (Lipinski definition) is 6. The number of benzene rings is 1. The molecule has 3 N–H and O–H groups in total. The maximum Gasteiger partial charge on any atom is 0.292 e. The van der Waals surface area contributed by atoms with Gasteiger partial charge in [0.2, 0.25) is 0 Å². The lowest BCUT2D eigenvalue weighted by Crippen LogP contribution is -2.00. The van der Waals surface area contributed by atoms with Crippen molar-refractivity contribution in [3.8, 4) is 0 Å². The molecule has 18 heavy (non-hydrogen) atoms. The number of nitrogens with zero attached hydrogens (tertiary/aromatic N) is 2. The molecule has 0 saturated carbocycles. The lowest BCUT2D eigenvalue weighted by Gasteiger charge is -2.08. The highest BCUT2D eigenvalue weighted by atomic mass is 16.6. The molecule has 0 spiro atoms. The molecule has 0 bridgehead atoms. The molecule has 2 aromatic rings. The van der Waals surface area contributed by atoms with Crippen LogP contribution >= 0.6 is 0 Å². The fourth-order valence-corrected chi connectivity index (χ4v) is 1.61. The summed E-state index contributed by atoms with van der Waals surface area (Å²) in [6, 6.07) is 5.52. The Bertz CT molecular complexity index is 576. The highest BCUT2D eigenvalue weighted by Crippen LogP contribution is 2.27. The molecule has 0 aliphatic heterocycles. The Morgan fingerprint density at radius 2 is 2.06 bits per heavy atom. The standard InChI is InChI=1S/C11H11N3O4/c1-6-10(18-11(12)13-6)9(15)7-2-4-8(5-3-7)14(16)17/h2-5,9,15H,1H3,(H2,12,13). The zero-order chi connectivity index (χ0) is 13.3. The summed E-state index contributed by atoms with van der Waals surface area (Å²) in [4.78, 5) is 13.8. The van der Waals surface area contributed by atoms with Crippen LogP contribution in [-0.4, -0.2) is 15.0 Å². The first kappa shape index (κ1) is 12.1. The van der Waals surface area contributed by atoms with Crippen molar-refractivity contribution in [3.05, 3.63) is 51.4 Å². The van der Waals surface area contributed by atoms with Crippen molar-refractivity contribution in [2.75, 3.05) is 5.73 Å². The van der Waals surface area contributed by atoms with E-state index in [0.717, 1.165) is 0 Å². The number of aliphatic hydroxyl groups excluding tert-OH is 1. The van der Waals surface area contributed by atoms with Crippen LogP contribution in [0.25, 0.3) is 0 Å². The van der Waals surface area contributed by atoms with Crippen molar-refractivity contribution < 1.29 is 14.4 Å². The van der Waals surface area contributed by atoms with Crippen molar-refractivity contribution in [1.82, 2.24) is 4.98 Å². The predicted octanol–water partition coefficient (Wildman–Crippen LogP) is 1.56. The zero-order valence-electron chi connectivity index (χ0n) is 9.53. The average molecular weight is 249 g/mol. The monoisotopic (exact) mass is 249 g/mol. The third kappa shape index (κ3) is 2.16. The van der Waals surface area contributed by atoms with Crippen LogP contribution in [-0.2, 0) is 0 Å². The molecule has 7 heteroatoms. The van der Waals surface area contributed by atoms with E-state index in [1.165, 1.54) is 24.3 Å². The van der Waals surface area contributed by atoms with Gasteiger partial charge in [-0.3, -0.25) is 10.1 Å². The first-order valence-corrected chi connectivity index (χ1v) is 5.14. The Morgan fingerprint density at radius 1 is 1.44 bits per heavy atom. The second-order valence-corrected chi connectivity index (χ2v) is 3.75. The smallest absolute Gasteiger partial charge is 0.292 e. The summed E-state index contributed by atoms with van der Waals surface area (Å²) < 4.78 is 5.09. The quantitative estimate of drug-likeness (QED) is 0.629. The zero-order valence-corrected chi connectivity index (χ0v) is 9.53. The average Bonchev–Trinajstić information content (AvgIpc) is 2.67. The van der Waals surface area contributed by atoms with Crippen LogP contribution in [0, 0.1) is 17.0 Å². The van der Waals surface area contributed by atoms with Gasteiger partial charge in [-0.05, 0) is 24.6 Å². The van der Waals surface area contributed by atoms with Crippen LogP contribution < -0.4 is 5.73 Å². The van der Waals surface area contributed by atoms with E-state index in [4.69, 9.17) is 10.2 Å². The maximum absolute atomic E-state index is 10.5. The fraction of sp³-hybridized carbons (Fsp3) is 0.182. The highest BCUT2D eigenvalue weighted by Gasteiger charge is 2.19. The second kappa shape index (κ2) is 4.46. The minimum absolute atomic E-state index is 0.0246. The SMILES string of the molecule is Cc1nc(N)oc1C(O)c1ccc([N+](=O)[O-])cc1. The molecule has 0 fully saturated rings. The van der Waals surface area contributed by atoms with Crippen molar-refractivity contribution in [1.29, 1.82) is 0 Å². The Morgan fingerprint density at radius 3 is 2.50 bits per heavy atom. The minimum Gasteiger partial charge on any atom is -0.425 e. The Kier molecular flexibility index (Phi) is 2.99. The highest BCUT2D eigenvalue weighted by molar-refractivity contribution is 5.36. The lowest BCUT2D eigenvalue weighted by atomic mass is 10.1. The number of non-ortho nitro benzene ring substituents is 1. The van der Waals surface area contributed by atoms with E-state index in [1.54, 1.807) is 6.92 Å². The summed E-state index contributed by atoms with van der Waals surface area (Å²) in [5.41, 5.74) is 6.30. The number of aliphatic hydroxyl groups is 1. The van der Waals surface area contributed by atoms with Crippen LogP contribution in [0.4, 0.5) is 11.7 Å². The number of aromatic nitrogens is 1. The van der Waals surface area contributed by atoms with Gasteiger partial charge < -0.3 is 15.3 Å². The Balaban J connectivity index is 2.31. The number of rotatable bonds is 3. The van der Waals surface area contributed by atoms with E-state index in [-0.39, 0.29) is 17.5 Å². The fourth-order valence-electron chi connectivity index (χ4n) is 1.61. The molecule has 1 heterocycles. The van der Waals surface area contributed by atoms with Gasteiger partial charge >= 0.3 is 0 Å². The van der Waals surface area contributed by atoms with Crippen LogP contribution in [0.2, 0.25) is 0 Å². The van der Waals surface area contributed by atoms with Crippen molar-refractivity contribution in [3.63, 3.8) is 0 Å². The lowest BCUT2D eigenvalue weighted by molar-refractivity contribution is -0.384. The van der Waals surface area contributed by atoms with E-state index in [0.29, 0.717) is 11.3 Å². The van der Waals surface area contributed by atoms with E-state index >= 15 is 0 Å². The molecule has 0 amide bonds. The summed E-state index contributed by atoms with van der Waals surface area (Å²) in [7, 11) is 0. The molecular formula is C11H11N3O4. The van der Waals surface area contributed by atoms with Gasteiger partial charge in [-0.15, -0.1) is 0 Å². The molecule has 0 aliphatic rings. The normalized spacial score (nSPS) is 12.3. The van der Waals surface area contributed by atoms with E-state index in [2.05, 4.69) is 4.98 Å². The molecular weight excluding hydrogens is 238 g/mol. The molecule has 7 nitrogen and oxygen atoms in total. The van der Waals surface area contributed by atoms with Gasteiger partial charge in [0.15, 0.2) is 5.76 Å². The number of nitrogen functional groups attached to an aromatic ring is 1. The predicted molar refractivity (Wildman–Crippen MR) is 62.8 cm³/mol. The number of oxazole rings is 1. The molecule has 1 aromatic carbocycles. The van der Waals surface area contributed by atoms with E-state index in [1.807, 2.05) is 0 Å². The van der Waals surface area contributed by atoms with E-state index in [9.17, 15) is 15.2 Å². The van der Waals surface area contributed by atoms with Crippen LogP contribution in [0.5, 0.6) is 0 Å². The number of anilines is 1. The first-order chi connectivity index (χ1) is 8.49. The number of nitrogens with two attached hydrogens (primary N) is 1. The van der Waals surface area contributed by atoms with Crippen LogP contribution in [0.3, 0.4) is 0 Å². The summed E-state index contributed by atoms with van der Waals surface area (Å²) in [5.74, 6) is 0.237. The number of hydrogen-bond donors (Lipinski definition) is 2. The number of nitro benzene ring substituents is 1. The Labute approximate surface area is 102 Å². The summed E-state index contributed by atoms with van der Waals surface area (Å²) >= 11 is 0. The van der Waals surface area contributed by atoms with Crippen molar-refractivity contribution in [2.45, 2.75) is 13.0 Å². The van der Waals surface area contributed by atoms with Gasteiger partial charge in [-0.1, -0.05) is 0 Å². The minimum atomic E-state index is -1.05. The summed E-state index contributed by atoms with van der Waals surface area (Å²) in [5, 5.41) is 20.6. The molecule has 0 radical (unpaired) electrons. The molecule has 0 aliphatic carbocycles. The number of nitro groups is 1. The summed E-state index contributed by atoms with van der Waals surface area (Å²) in [6.07, 6.45) is -1.05. The molecule has 1 unspecified atom stereocenters. The topological polar surface area (TPSA) is 115 Å². The third-order valence-corrected chi connectivity index (χ3v) is 2.52. The van der Waals surface area contributed by atoms with Gasteiger partial charge in [0.1, 0.15) is 6.10 Å². The van der Waals surface area contributed by atoms with Gasteiger partial charge in [0, 0.05) is 12.1 Å². The first-order valence-electron chi connectivity index (χ1n) is 5.14. The maximum atomic E-state index is 10.5.